The van der Waals surface area contributed by atoms with Crippen molar-refractivity contribution in [3.63, 3.8) is 0 Å². The number of hydrogen-bond donors (Lipinski definition) is 12. The van der Waals surface area contributed by atoms with Crippen LogP contribution in [0.4, 0.5) is 0 Å². The molecule has 0 aliphatic heterocycles. The Morgan fingerprint density at radius 1 is 0.333 bits per heavy atom. The minimum atomic E-state index is -1.27. The van der Waals surface area contributed by atoms with E-state index >= 15 is 0 Å². The van der Waals surface area contributed by atoms with E-state index in [0.717, 1.165) is 0 Å². The number of carboxylic acids is 4. The summed E-state index contributed by atoms with van der Waals surface area (Å²) in [7, 11) is 0. The Labute approximate surface area is 256 Å². The largest absolute Gasteiger partial charge is 0.504 e. The van der Waals surface area contributed by atoms with Crippen molar-refractivity contribution in [2.45, 2.75) is 0 Å². The van der Waals surface area contributed by atoms with Crippen LogP contribution < -0.4 is 0 Å². The molecular weight excluding hydrogens is 620 g/mol. The lowest BCUT2D eigenvalue weighted by atomic mass is 10.2. The number of aromatic hydroxyl groups is 8. The van der Waals surface area contributed by atoms with Crippen molar-refractivity contribution in [3.8, 4) is 46.0 Å². The van der Waals surface area contributed by atoms with E-state index in [1.165, 1.54) is 72.8 Å². The number of rotatable bonds is 4. The second-order valence-electron chi connectivity index (χ2n) is 7.91. The lowest BCUT2D eigenvalue weighted by Crippen LogP contribution is -1.95. The smallest absolute Gasteiger partial charge is 0.339 e. The van der Waals surface area contributed by atoms with E-state index in [4.69, 9.17) is 61.3 Å². The van der Waals surface area contributed by atoms with Crippen LogP contribution >= 0.6 is 0 Å². The average Bonchev–Trinajstić information content (AvgIpc) is 2.95. The summed E-state index contributed by atoms with van der Waals surface area (Å²) in [5.41, 5.74) is -1.20. The average molecular weight is 645 g/mol. The molecule has 0 saturated heterocycles. The van der Waals surface area contributed by atoms with Crippen molar-refractivity contribution in [2.24, 2.45) is 0 Å². The number of carboxylic acid groups (broad SMARTS) is 4. The van der Waals surface area contributed by atoms with Crippen molar-refractivity contribution in [1.82, 2.24) is 0 Å². The van der Waals surface area contributed by atoms with Gasteiger partial charge in [0.15, 0.2) is 46.0 Å². The number of aromatic carboxylic acids is 4. The molecule has 12 N–H and O–H groups in total. The predicted octanol–water partition coefficient (Wildman–Crippen LogP) is 2.80. The molecule has 45 heavy (non-hydrogen) atoms. The predicted molar refractivity (Wildman–Crippen MR) is 153 cm³/mol. The molecule has 0 aliphatic rings. The maximum absolute atomic E-state index is 10.3. The van der Waals surface area contributed by atoms with Crippen LogP contribution in [0, 0.1) is 0 Å². The molecule has 4 rings (SSSR count). The number of phenols is 8. The normalized spacial score (nSPS) is 9.24. The van der Waals surface area contributed by atoms with Gasteiger partial charge in [-0.3, -0.25) is 0 Å². The van der Waals surface area contributed by atoms with E-state index in [9.17, 15) is 19.2 Å². The summed E-state index contributed by atoms with van der Waals surface area (Å²) in [5.74, 6) is -9.15. The maximum atomic E-state index is 10.3. The van der Waals surface area contributed by atoms with Crippen molar-refractivity contribution in [1.29, 1.82) is 0 Å². The minimum Gasteiger partial charge on any atom is -0.504 e. The van der Waals surface area contributed by atoms with Crippen LogP contribution in [0.1, 0.15) is 41.4 Å². The monoisotopic (exact) mass is 644 g/mol. The maximum Gasteiger partial charge on any atom is 0.339 e. The quantitative estimate of drug-likeness (QED) is 0.112. The lowest BCUT2D eigenvalue weighted by molar-refractivity contribution is 0.0681. The molecule has 0 aliphatic carbocycles. The summed E-state index contributed by atoms with van der Waals surface area (Å²) in [6, 6.07) is 15.0. The van der Waals surface area contributed by atoms with Crippen molar-refractivity contribution < 1.29 is 80.5 Å². The van der Waals surface area contributed by atoms with Gasteiger partial charge in [-0.2, -0.15) is 0 Å². The topological polar surface area (TPSA) is 311 Å². The summed E-state index contributed by atoms with van der Waals surface area (Å²) in [6.45, 7) is 0. The summed E-state index contributed by atoms with van der Waals surface area (Å²) < 4.78 is 0. The van der Waals surface area contributed by atoms with Gasteiger partial charge in [0.25, 0.3) is 0 Å². The molecule has 0 fully saturated rings. The number of hydrogen-bond acceptors (Lipinski definition) is 12. The highest BCUT2D eigenvalue weighted by Gasteiger charge is 2.13. The molecule has 16 nitrogen and oxygen atoms in total. The third-order valence-corrected chi connectivity index (χ3v) is 4.98. The fourth-order valence-corrected chi connectivity index (χ4v) is 2.82. The molecule has 4 aromatic rings. The first kappa shape index (κ1) is 38.4. The number of para-hydroxylation sites is 4. The van der Waals surface area contributed by atoms with Gasteiger partial charge in [-0.25, -0.2) is 19.2 Å². The molecule has 0 heterocycles. The molecule has 0 bridgehead atoms. The van der Waals surface area contributed by atoms with Gasteiger partial charge in [0.1, 0.15) is 22.3 Å². The highest BCUT2D eigenvalue weighted by molar-refractivity contribution is 5.93. The highest BCUT2D eigenvalue weighted by atomic mass is 28.1. The first-order valence-corrected chi connectivity index (χ1v) is 11.5. The fraction of sp³-hybridized carbons (Fsp3) is 0. The molecule has 0 saturated carbocycles. The van der Waals surface area contributed by atoms with Gasteiger partial charge >= 0.3 is 23.9 Å². The Morgan fingerprint density at radius 2 is 0.489 bits per heavy atom. The van der Waals surface area contributed by atoms with Crippen LogP contribution in [-0.4, -0.2) is 96.1 Å². The number of phenolic OH excluding ortho intramolecular Hbond substituents is 4. The first-order chi connectivity index (χ1) is 20.5. The molecular formula is C28H24O16Si. The van der Waals surface area contributed by atoms with E-state index in [1.807, 2.05) is 0 Å². The second-order valence-corrected chi connectivity index (χ2v) is 7.91. The molecule has 0 atom stereocenters. The van der Waals surface area contributed by atoms with Gasteiger partial charge in [0.2, 0.25) is 0 Å². The SMILES string of the molecule is O=C(O)c1cccc(O)c1O.O=C(O)c1cccc(O)c1O.O=C(O)c1cccc(O)c1O.O=C(O)c1cccc(O)c1O.[Si]. The van der Waals surface area contributed by atoms with E-state index < -0.39 is 69.9 Å². The Hall–Kier alpha value is -6.62. The molecule has 0 aromatic heterocycles. The van der Waals surface area contributed by atoms with Crippen LogP contribution in [0.15, 0.2) is 72.8 Å². The Balaban J connectivity index is 0.000000569. The van der Waals surface area contributed by atoms with Gasteiger partial charge in [-0.15, -0.1) is 0 Å². The molecule has 0 spiro atoms. The van der Waals surface area contributed by atoms with Crippen molar-refractivity contribution in [3.05, 3.63) is 95.1 Å². The Morgan fingerprint density at radius 3 is 0.600 bits per heavy atom. The third-order valence-electron chi connectivity index (χ3n) is 4.98. The standard InChI is InChI=1S/4C7H6O4.Si/c4*8-5-3-1-2-4(6(5)9)7(10)11;/h4*1-3,8-9H,(H,10,11);. The Kier molecular flexibility index (Phi) is 14.8. The molecule has 4 radical (unpaired) electrons. The minimum absolute atomic E-state index is 0. The van der Waals surface area contributed by atoms with E-state index in [-0.39, 0.29) is 33.2 Å². The van der Waals surface area contributed by atoms with Crippen LogP contribution in [-0.2, 0) is 0 Å². The molecule has 0 unspecified atom stereocenters. The van der Waals surface area contributed by atoms with E-state index in [1.54, 1.807) is 0 Å². The van der Waals surface area contributed by atoms with Crippen LogP contribution in [0.5, 0.6) is 46.0 Å². The second kappa shape index (κ2) is 17.4. The fourth-order valence-electron chi connectivity index (χ4n) is 2.82. The summed E-state index contributed by atoms with van der Waals surface area (Å²) >= 11 is 0. The summed E-state index contributed by atoms with van der Waals surface area (Å²) in [6.07, 6.45) is 0. The molecule has 4 aromatic carbocycles. The molecule has 17 heteroatoms. The summed E-state index contributed by atoms with van der Waals surface area (Å²) in [4.78, 5) is 41.2. The zero-order valence-electron chi connectivity index (χ0n) is 22.4. The lowest BCUT2D eigenvalue weighted by Gasteiger charge is -1.99. The van der Waals surface area contributed by atoms with E-state index in [2.05, 4.69) is 0 Å². The van der Waals surface area contributed by atoms with Gasteiger partial charge in [0, 0.05) is 11.0 Å². The zero-order chi connectivity index (χ0) is 33.7. The Bertz CT molecular complexity index is 1420. The summed E-state index contributed by atoms with van der Waals surface area (Å²) in [5, 5.41) is 105. The molecule has 236 valence electrons. The number of carbonyl (C=O) groups is 4. The first-order valence-electron chi connectivity index (χ1n) is 11.5. The highest BCUT2D eigenvalue weighted by Crippen LogP contribution is 2.30. The van der Waals surface area contributed by atoms with Crippen LogP contribution in [0.3, 0.4) is 0 Å². The number of benzene rings is 4. The van der Waals surface area contributed by atoms with Gasteiger partial charge in [0.05, 0.1) is 0 Å². The van der Waals surface area contributed by atoms with Crippen molar-refractivity contribution in [2.75, 3.05) is 0 Å². The zero-order valence-corrected chi connectivity index (χ0v) is 23.4. The van der Waals surface area contributed by atoms with Crippen molar-refractivity contribution >= 4 is 34.8 Å². The third kappa shape index (κ3) is 10.9. The van der Waals surface area contributed by atoms with Gasteiger partial charge in [-0.05, 0) is 48.5 Å². The van der Waals surface area contributed by atoms with Gasteiger partial charge in [-0.1, -0.05) is 24.3 Å². The van der Waals surface area contributed by atoms with Crippen LogP contribution in [0.2, 0.25) is 0 Å². The molecule has 0 amide bonds. The van der Waals surface area contributed by atoms with Crippen LogP contribution in [0.25, 0.3) is 0 Å². The van der Waals surface area contributed by atoms with Gasteiger partial charge < -0.3 is 61.3 Å². The van der Waals surface area contributed by atoms with E-state index in [0.29, 0.717) is 0 Å².